The normalized spacial score (nSPS) is 12.3. The van der Waals surface area contributed by atoms with E-state index >= 15 is 0 Å². The van der Waals surface area contributed by atoms with Crippen molar-refractivity contribution in [3.05, 3.63) is 46.6 Å². The van der Waals surface area contributed by atoms with Gasteiger partial charge >= 0.3 is 5.97 Å². The lowest BCUT2D eigenvalue weighted by molar-refractivity contribution is 0.0701. The monoisotopic (exact) mass is 329 g/mol. The number of aliphatic hydroxyl groups excluding tert-OH is 1. The summed E-state index contributed by atoms with van der Waals surface area (Å²) in [5.74, 6) is -0.411. The number of carbonyl (C=O) groups is 1. The molecule has 0 aliphatic rings. The van der Waals surface area contributed by atoms with Crippen molar-refractivity contribution in [3.8, 4) is 0 Å². The maximum atomic E-state index is 11.3. The first kappa shape index (κ1) is 15.4. The Hall–Kier alpha value is -2.51. The van der Waals surface area contributed by atoms with Gasteiger partial charge in [-0.3, -0.25) is 0 Å². The van der Waals surface area contributed by atoms with Gasteiger partial charge in [0.05, 0.1) is 11.5 Å². The minimum absolute atomic E-state index is 0.265. The number of carboxylic acids is 1. The quantitative estimate of drug-likeness (QED) is 0.678. The zero-order chi connectivity index (χ0) is 16.6. The molecule has 2 heterocycles. The molecule has 0 fully saturated rings. The lowest BCUT2D eigenvalue weighted by Crippen LogP contribution is -1.98. The number of carboxylic acid groups (broad SMARTS) is 1. The van der Waals surface area contributed by atoms with Crippen molar-refractivity contribution in [2.45, 2.75) is 20.0 Å². The molecule has 0 amide bonds. The van der Waals surface area contributed by atoms with Crippen molar-refractivity contribution in [1.29, 1.82) is 0 Å². The van der Waals surface area contributed by atoms with E-state index in [0.717, 1.165) is 22.6 Å². The van der Waals surface area contributed by atoms with Gasteiger partial charge < -0.3 is 15.5 Å². The summed E-state index contributed by atoms with van der Waals surface area (Å²) in [6, 6.07) is 7.37. The van der Waals surface area contributed by atoms with Crippen LogP contribution in [0.25, 0.3) is 10.2 Å². The number of aryl methyl sites for hydroxylation is 1. The van der Waals surface area contributed by atoms with E-state index in [1.54, 1.807) is 13.8 Å². The third kappa shape index (κ3) is 2.88. The predicted octanol–water partition coefficient (Wildman–Crippen LogP) is 3.49. The molecule has 3 N–H and O–H groups in total. The number of nitrogens with one attached hydrogen (secondary N) is 1. The van der Waals surface area contributed by atoms with Crippen LogP contribution in [-0.4, -0.2) is 26.2 Å². The van der Waals surface area contributed by atoms with Gasteiger partial charge in [0, 0.05) is 5.69 Å². The first-order valence-corrected chi connectivity index (χ1v) is 7.81. The molecule has 1 atom stereocenters. The van der Waals surface area contributed by atoms with E-state index in [-0.39, 0.29) is 4.88 Å². The van der Waals surface area contributed by atoms with E-state index in [4.69, 9.17) is 0 Å². The van der Waals surface area contributed by atoms with Gasteiger partial charge in [0.25, 0.3) is 0 Å². The Morgan fingerprint density at radius 3 is 2.83 bits per heavy atom. The number of anilines is 2. The van der Waals surface area contributed by atoms with E-state index in [2.05, 4.69) is 15.3 Å². The zero-order valence-electron chi connectivity index (χ0n) is 12.6. The minimum Gasteiger partial charge on any atom is -0.477 e. The van der Waals surface area contributed by atoms with Crippen LogP contribution < -0.4 is 5.32 Å². The average Bonchev–Trinajstić information content (AvgIpc) is 2.86. The van der Waals surface area contributed by atoms with Crippen molar-refractivity contribution in [2.24, 2.45) is 0 Å². The number of nitrogens with zero attached hydrogens (tertiary/aromatic N) is 2. The number of thiophene rings is 1. The lowest BCUT2D eigenvalue weighted by Gasteiger charge is -2.10. The smallest absolute Gasteiger partial charge is 0.346 e. The van der Waals surface area contributed by atoms with Crippen molar-refractivity contribution >= 4 is 39.0 Å². The molecule has 3 rings (SSSR count). The predicted molar refractivity (Wildman–Crippen MR) is 89.5 cm³/mol. The Morgan fingerprint density at radius 2 is 2.13 bits per heavy atom. The number of aromatic nitrogens is 2. The SMILES string of the molecule is Cc1c(C(=O)O)sc2ncnc(Nc3cccc(C(C)O)c3)c12. The molecule has 0 radical (unpaired) electrons. The van der Waals surface area contributed by atoms with Gasteiger partial charge in [-0.1, -0.05) is 12.1 Å². The molecule has 0 saturated heterocycles. The van der Waals surface area contributed by atoms with Gasteiger partial charge in [-0.25, -0.2) is 14.8 Å². The van der Waals surface area contributed by atoms with Gasteiger partial charge in [0.15, 0.2) is 0 Å². The summed E-state index contributed by atoms with van der Waals surface area (Å²) < 4.78 is 0. The van der Waals surface area contributed by atoms with Crippen molar-refractivity contribution in [2.75, 3.05) is 5.32 Å². The molecule has 6 nitrogen and oxygen atoms in total. The molecule has 0 bridgehead atoms. The van der Waals surface area contributed by atoms with Crippen LogP contribution in [-0.2, 0) is 0 Å². The fourth-order valence-electron chi connectivity index (χ4n) is 2.38. The van der Waals surface area contributed by atoms with Crippen LogP contribution in [0.15, 0.2) is 30.6 Å². The highest BCUT2D eigenvalue weighted by Gasteiger charge is 2.18. The highest BCUT2D eigenvalue weighted by atomic mass is 32.1. The summed E-state index contributed by atoms with van der Waals surface area (Å²) in [7, 11) is 0. The number of hydrogen-bond acceptors (Lipinski definition) is 6. The maximum absolute atomic E-state index is 11.3. The van der Waals surface area contributed by atoms with E-state index in [1.807, 2.05) is 24.3 Å². The molecule has 118 valence electrons. The van der Waals surface area contributed by atoms with Gasteiger partial charge in [0.2, 0.25) is 0 Å². The standard InChI is InChI=1S/C16H15N3O3S/c1-8-12-14(17-7-18-15(12)23-13(8)16(21)22)19-11-5-3-4-10(6-11)9(2)20/h3-7,9,20H,1-2H3,(H,21,22)(H,17,18,19). The first-order chi connectivity index (χ1) is 11.0. The minimum atomic E-state index is -0.965. The first-order valence-electron chi connectivity index (χ1n) is 7.00. The average molecular weight is 329 g/mol. The third-order valence-corrected chi connectivity index (χ3v) is 4.74. The molecule has 0 aliphatic carbocycles. The largest absolute Gasteiger partial charge is 0.477 e. The molecular formula is C16H15N3O3S. The second-order valence-electron chi connectivity index (χ2n) is 5.19. The number of benzene rings is 1. The van der Waals surface area contributed by atoms with Gasteiger partial charge in [-0.2, -0.15) is 0 Å². The van der Waals surface area contributed by atoms with Crippen LogP contribution in [0.1, 0.15) is 33.8 Å². The highest BCUT2D eigenvalue weighted by molar-refractivity contribution is 7.20. The fraction of sp³-hybridized carbons (Fsp3) is 0.188. The molecule has 1 aromatic carbocycles. The van der Waals surface area contributed by atoms with Crippen molar-refractivity contribution < 1.29 is 15.0 Å². The van der Waals surface area contributed by atoms with Crippen LogP contribution in [0.3, 0.4) is 0 Å². The van der Waals surface area contributed by atoms with E-state index < -0.39 is 12.1 Å². The molecule has 1 unspecified atom stereocenters. The second kappa shape index (κ2) is 5.94. The molecule has 0 saturated carbocycles. The van der Waals surface area contributed by atoms with Crippen LogP contribution in [0, 0.1) is 6.92 Å². The summed E-state index contributed by atoms with van der Waals surface area (Å²) in [5, 5.41) is 22.8. The molecule has 7 heteroatoms. The molecule has 23 heavy (non-hydrogen) atoms. The third-order valence-electron chi connectivity index (χ3n) is 3.55. The Bertz CT molecular complexity index is 889. The van der Waals surface area contributed by atoms with Crippen molar-refractivity contribution in [3.63, 3.8) is 0 Å². The molecule has 3 aromatic rings. The van der Waals surface area contributed by atoms with E-state index in [9.17, 15) is 15.0 Å². The highest BCUT2D eigenvalue weighted by Crippen LogP contribution is 2.34. The molecule has 0 spiro atoms. The summed E-state index contributed by atoms with van der Waals surface area (Å²) in [4.78, 5) is 20.6. The lowest BCUT2D eigenvalue weighted by atomic mass is 10.1. The Balaban J connectivity index is 2.07. The summed E-state index contributed by atoms with van der Waals surface area (Å²) in [6.07, 6.45) is 0.841. The topological polar surface area (TPSA) is 95.3 Å². The van der Waals surface area contributed by atoms with Gasteiger partial charge in [0.1, 0.15) is 21.9 Å². The van der Waals surface area contributed by atoms with Gasteiger partial charge in [-0.05, 0) is 37.1 Å². The number of aliphatic hydroxyl groups is 1. The second-order valence-corrected chi connectivity index (χ2v) is 6.19. The zero-order valence-corrected chi connectivity index (χ0v) is 13.4. The summed E-state index contributed by atoms with van der Waals surface area (Å²) in [5.41, 5.74) is 2.20. The number of fused-ring (bicyclic) bond motifs is 1. The molecule has 0 aliphatic heterocycles. The van der Waals surface area contributed by atoms with Crippen LogP contribution in [0.2, 0.25) is 0 Å². The van der Waals surface area contributed by atoms with Gasteiger partial charge in [-0.15, -0.1) is 11.3 Å². The van der Waals surface area contributed by atoms with Crippen LogP contribution in [0.5, 0.6) is 0 Å². The summed E-state index contributed by atoms with van der Waals surface area (Å²) >= 11 is 1.13. The molecule has 2 aromatic heterocycles. The Morgan fingerprint density at radius 1 is 1.35 bits per heavy atom. The fourth-order valence-corrected chi connectivity index (χ4v) is 3.37. The number of hydrogen-bond donors (Lipinski definition) is 3. The van der Waals surface area contributed by atoms with Crippen LogP contribution in [0.4, 0.5) is 11.5 Å². The Labute approximate surface area is 136 Å². The maximum Gasteiger partial charge on any atom is 0.346 e. The van der Waals surface area contributed by atoms with Crippen molar-refractivity contribution in [1.82, 2.24) is 9.97 Å². The van der Waals surface area contributed by atoms with Crippen LogP contribution >= 0.6 is 11.3 Å². The number of rotatable bonds is 4. The molecular weight excluding hydrogens is 314 g/mol. The van der Waals surface area contributed by atoms with E-state index in [1.165, 1.54) is 6.33 Å². The number of aromatic carboxylic acids is 1. The Kier molecular flexibility index (Phi) is 3.97. The van der Waals surface area contributed by atoms with E-state index in [0.29, 0.717) is 21.6 Å². The summed E-state index contributed by atoms with van der Waals surface area (Å²) in [6.45, 7) is 3.45.